The van der Waals surface area contributed by atoms with Gasteiger partial charge in [0.2, 0.25) is 0 Å². The van der Waals surface area contributed by atoms with E-state index >= 15 is 0 Å². The molecule has 0 amide bonds. The largest absolute Gasteiger partial charge is 0.316 e. The molecule has 19 heavy (non-hydrogen) atoms. The van der Waals surface area contributed by atoms with Gasteiger partial charge in [0.1, 0.15) is 0 Å². The Hall–Kier alpha value is -1.61. The van der Waals surface area contributed by atoms with E-state index in [1.165, 1.54) is 28.1 Å². The van der Waals surface area contributed by atoms with Crippen LogP contribution < -0.4 is 5.32 Å². The van der Waals surface area contributed by atoms with E-state index < -0.39 is 0 Å². The first-order chi connectivity index (χ1) is 9.15. The van der Waals surface area contributed by atoms with Gasteiger partial charge in [-0.25, -0.2) is 4.68 Å². The maximum absolute atomic E-state index is 4.58. The number of nitrogens with zero attached hydrogens (tertiary/aromatic N) is 2. The Balaban J connectivity index is 2.48. The topological polar surface area (TPSA) is 29.9 Å². The molecule has 3 heteroatoms. The second-order valence-electron chi connectivity index (χ2n) is 5.15. The van der Waals surface area contributed by atoms with Crippen molar-refractivity contribution in [1.82, 2.24) is 15.1 Å². The van der Waals surface area contributed by atoms with Crippen molar-refractivity contribution in [3.63, 3.8) is 0 Å². The summed E-state index contributed by atoms with van der Waals surface area (Å²) in [7, 11) is 1.98. The number of hydrogen-bond acceptors (Lipinski definition) is 2. The average Bonchev–Trinajstić information content (AvgIpc) is 2.72. The van der Waals surface area contributed by atoms with Gasteiger partial charge in [-0.1, -0.05) is 19.4 Å². The van der Waals surface area contributed by atoms with Crippen LogP contribution in [0.4, 0.5) is 0 Å². The van der Waals surface area contributed by atoms with Gasteiger partial charge < -0.3 is 5.32 Å². The minimum absolute atomic E-state index is 0.875. The molecular weight excluding hydrogens is 234 g/mol. The Morgan fingerprint density at radius 1 is 1.16 bits per heavy atom. The molecule has 2 rings (SSSR count). The lowest BCUT2D eigenvalue weighted by Gasteiger charge is -2.10. The number of aromatic nitrogens is 2. The van der Waals surface area contributed by atoms with E-state index in [-0.39, 0.29) is 0 Å². The molecule has 1 aromatic carbocycles. The fourth-order valence-electron chi connectivity index (χ4n) is 2.54. The van der Waals surface area contributed by atoms with Crippen LogP contribution in [-0.2, 0) is 13.0 Å². The van der Waals surface area contributed by atoms with Gasteiger partial charge in [-0.2, -0.15) is 5.10 Å². The second-order valence-corrected chi connectivity index (χ2v) is 5.15. The van der Waals surface area contributed by atoms with Gasteiger partial charge >= 0.3 is 0 Å². The number of hydrogen-bond donors (Lipinski definition) is 1. The smallest absolute Gasteiger partial charge is 0.0654 e. The Morgan fingerprint density at radius 3 is 2.42 bits per heavy atom. The van der Waals surface area contributed by atoms with Crippen molar-refractivity contribution in [3.05, 3.63) is 46.8 Å². The first-order valence-electron chi connectivity index (χ1n) is 6.94. The molecule has 0 fully saturated rings. The fourth-order valence-corrected chi connectivity index (χ4v) is 2.54. The molecular formula is C16H23N3. The van der Waals surface area contributed by atoms with Crippen molar-refractivity contribution in [2.45, 2.75) is 40.2 Å². The maximum atomic E-state index is 4.58. The summed E-state index contributed by atoms with van der Waals surface area (Å²) in [5.74, 6) is 0. The van der Waals surface area contributed by atoms with Crippen molar-refractivity contribution in [1.29, 1.82) is 0 Å². The second kappa shape index (κ2) is 6.02. The molecule has 0 spiro atoms. The molecule has 0 unspecified atom stereocenters. The molecule has 2 aromatic rings. The molecule has 1 aromatic heterocycles. The molecule has 1 N–H and O–H groups in total. The highest BCUT2D eigenvalue weighted by atomic mass is 15.3. The van der Waals surface area contributed by atoms with E-state index in [1.54, 1.807) is 0 Å². The van der Waals surface area contributed by atoms with Gasteiger partial charge in [0.15, 0.2) is 0 Å². The summed E-state index contributed by atoms with van der Waals surface area (Å²) in [6.07, 6.45) is 4.18. The van der Waals surface area contributed by atoms with Gasteiger partial charge in [0, 0.05) is 17.8 Å². The highest BCUT2D eigenvalue weighted by Crippen LogP contribution is 2.19. The van der Waals surface area contributed by atoms with Crippen molar-refractivity contribution in [2.75, 3.05) is 7.05 Å². The zero-order valence-corrected chi connectivity index (χ0v) is 12.3. The lowest BCUT2D eigenvalue weighted by Crippen LogP contribution is -2.09. The molecule has 102 valence electrons. The maximum Gasteiger partial charge on any atom is 0.0654 e. The van der Waals surface area contributed by atoms with Crippen LogP contribution in [0.25, 0.3) is 5.69 Å². The summed E-state index contributed by atoms with van der Waals surface area (Å²) in [6.45, 7) is 7.35. The third-order valence-corrected chi connectivity index (χ3v) is 3.26. The normalized spacial score (nSPS) is 10.9. The van der Waals surface area contributed by atoms with Crippen LogP contribution in [0, 0.1) is 13.8 Å². The Kier molecular flexibility index (Phi) is 4.38. The van der Waals surface area contributed by atoms with Gasteiger partial charge in [-0.15, -0.1) is 0 Å². The summed E-state index contributed by atoms with van der Waals surface area (Å²) < 4.78 is 2.09. The lowest BCUT2D eigenvalue weighted by atomic mass is 10.1. The third-order valence-electron chi connectivity index (χ3n) is 3.26. The van der Waals surface area contributed by atoms with E-state index in [0.717, 1.165) is 19.4 Å². The standard InChI is InChI=1S/C16H23N3/c1-5-6-16-14(10-17-4)11-18-19(16)15-8-12(2)7-13(3)9-15/h7-9,11,17H,5-6,10H2,1-4H3. The van der Waals surface area contributed by atoms with Crippen molar-refractivity contribution in [3.8, 4) is 5.69 Å². The third kappa shape index (κ3) is 3.04. The van der Waals surface area contributed by atoms with Gasteiger partial charge in [0.25, 0.3) is 0 Å². The summed E-state index contributed by atoms with van der Waals surface area (Å²) in [6, 6.07) is 6.59. The lowest BCUT2D eigenvalue weighted by molar-refractivity contribution is 0.749. The highest BCUT2D eigenvalue weighted by Gasteiger charge is 2.11. The monoisotopic (exact) mass is 257 g/mol. The summed E-state index contributed by atoms with van der Waals surface area (Å²) in [5, 5.41) is 7.80. The molecule has 0 saturated heterocycles. The average molecular weight is 257 g/mol. The number of benzene rings is 1. The molecule has 0 saturated carbocycles. The molecule has 0 bridgehead atoms. The van der Waals surface area contributed by atoms with Crippen LogP contribution in [0.15, 0.2) is 24.4 Å². The van der Waals surface area contributed by atoms with Crippen molar-refractivity contribution in [2.24, 2.45) is 0 Å². The van der Waals surface area contributed by atoms with Crippen molar-refractivity contribution < 1.29 is 0 Å². The molecule has 0 aliphatic heterocycles. The molecule has 3 nitrogen and oxygen atoms in total. The zero-order chi connectivity index (χ0) is 13.8. The SMILES string of the molecule is CCCc1c(CNC)cnn1-c1cc(C)cc(C)c1. The van der Waals surface area contributed by atoms with Crippen LogP contribution in [0.3, 0.4) is 0 Å². The first kappa shape index (κ1) is 13.8. The van der Waals surface area contributed by atoms with Crippen LogP contribution >= 0.6 is 0 Å². The highest BCUT2D eigenvalue weighted by molar-refractivity contribution is 5.41. The van der Waals surface area contributed by atoms with Crippen LogP contribution in [0.5, 0.6) is 0 Å². The molecule has 1 heterocycles. The Morgan fingerprint density at radius 2 is 1.84 bits per heavy atom. The minimum Gasteiger partial charge on any atom is -0.316 e. The van der Waals surface area contributed by atoms with E-state index in [9.17, 15) is 0 Å². The summed E-state index contributed by atoms with van der Waals surface area (Å²) in [4.78, 5) is 0. The number of nitrogens with one attached hydrogen (secondary N) is 1. The van der Waals surface area contributed by atoms with E-state index in [2.05, 4.69) is 54.1 Å². The molecule has 0 radical (unpaired) electrons. The molecule has 0 aliphatic rings. The summed E-state index contributed by atoms with van der Waals surface area (Å²) in [5.41, 5.74) is 6.35. The Bertz CT molecular complexity index is 535. The van der Waals surface area contributed by atoms with E-state index in [4.69, 9.17) is 0 Å². The van der Waals surface area contributed by atoms with Crippen LogP contribution in [0.2, 0.25) is 0 Å². The van der Waals surface area contributed by atoms with Gasteiger partial charge in [0.05, 0.1) is 11.9 Å². The van der Waals surface area contributed by atoms with Gasteiger partial charge in [-0.05, 0) is 50.6 Å². The van der Waals surface area contributed by atoms with Crippen LogP contribution in [0.1, 0.15) is 35.7 Å². The summed E-state index contributed by atoms with van der Waals surface area (Å²) >= 11 is 0. The van der Waals surface area contributed by atoms with E-state index in [0.29, 0.717) is 0 Å². The van der Waals surface area contributed by atoms with Crippen molar-refractivity contribution >= 4 is 0 Å². The van der Waals surface area contributed by atoms with Gasteiger partial charge in [-0.3, -0.25) is 0 Å². The predicted octanol–water partition coefficient (Wildman–Crippen LogP) is 3.16. The fraction of sp³-hybridized carbons (Fsp3) is 0.438. The number of rotatable bonds is 5. The van der Waals surface area contributed by atoms with E-state index in [1.807, 2.05) is 13.2 Å². The quantitative estimate of drug-likeness (QED) is 0.891. The van der Waals surface area contributed by atoms with Crippen LogP contribution in [-0.4, -0.2) is 16.8 Å². The molecule has 0 aliphatic carbocycles. The Labute approximate surface area is 115 Å². The number of aryl methyl sites for hydroxylation is 2. The zero-order valence-electron chi connectivity index (χ0n) is 12.3. The molecule has 0 atom stereocenters. The first-order valence-corrected chi connectivity index (χ1v) is 6.94. The predicted molar refractivity (Wildman–Crippen MR) is 79.8 cm³/mol. The minimum atomic E-state index is 0.875.